The SMILES string of the molecule is C=C1c2ccccc2C(=O)N1C1C(N)C2CCOC21. The molecule has 0 bridgehead atoms. The van der Waals surface area contributed by atoms with E-state index in [1.54, 1.807) is 4.90 Å². The van der Waals surface area contributed by atoms with Gasteiger partial charge in [-0.25, -0.2) is 0 Å². The summed E-state index contributed by atoms with van der Waals surface area (Å²) in [4.78, 5) is 14.3. The Morgan fingerprint density at radius 3 is 2.79 bits per heavy atom. The van der Waals surface area contributed by atoms with E-state index in [1.807, 2.05) is 24.3 Å². The molecule has 2 N–H and O–H groups in total. The monoisotopic (exact) mass is 256 g/mol. The van der Waals surface area contributed by atoms with Crippen LogP contribution >= 0.6 is 0 Å². The number of carbonyl (C=O) groups excluding carboxylic acids is 1. The molecule has 1 saturated carbocycles. The van der Waals surface area contributed by atoms with E-state index in [4.69, 9.17) is 10.5 Å². The molecule has 98 valence electrons. The highest BCUT2D eigenvalue weighted by Crippen LogP contribution is 2.45. The van der Waals surface area contributed by atoms with Crippen molar-refractivity contribution in [3.63, 3.8) is 0 Å². The number of carbonyl (C=O) groups is 1. The van der Waals surface area contributed by atoms with Gasteiger partial charge in [0.05, 0.1) is 12.1 Å². The van der Waals surface area contributed by atoms with Crippen molar-refractivity contribution in [3.05, 3.63) is 42.0 Å². The van der Waals surface area contributed by atoms with Gasteiger partial charge < -0.3 is 15.4 Å². The second-order valence-corrected chi connectivity index (χ2v) is 5.52. The number of fused-ring (bicyclic) bond motifs is 2. The Balaban J connectivity index is 1.71. The van der Waals surface area contributed by atoms with Gasteiger partial charge in [-0.2, -0.15) is 0 Å². The first-order chi connectivity index (χ1) is 9.20. The molecule has 4 rings (SSSR count). The Morgan fingerprint density at radius 2 is 2.05 bits per heavy atom. The van der Waals surface area contributed by atoms with Crippen molar-refractivity contribution < 1.29 is 9.53 Å². The number of nitrogens with zero attached hydrogens (tertiary/aromatic N) is 1. The molecule has 1 amide bonds. The molecule has 1 saturated heterocycles. The largest absolute Gasteiger partial charge is 0.376 e. The van der Waals surface area contributed by atoms with Crippen molar-refractivity contribution in [1.29, 1.82) is 0 Å². The molecule has 4 unspecified atom stereocenters. The second-order valence-electron chi connectivity index (χ2n) is 5.52. The summed E-state index contributed by atoms with van der Waals surface area (Å²) in [5.41, 5.74) is 8.63. The van der Waals surface area contributed by atoms with E-state index in [2.05, 4.69) is 6.58 Å². The van der Waals surface area contributed by atoms with Crippen molar-refractivity contribution in [2.45, 2.75) is 24.6 Å². The van der Waals surface area contributed by atoms with Crippen molar-refractivity contribution >= 4 is 11.6 Å². The molecule has 1 aromatic rings. The summed E-state index contributed by atoms with van der Waals surface area (Å²) in [6.07, 6.45) is 1.09. The molecule has 0 spiro atoms. The van der Waals surface area contributed by atoms with Gasteiger partial charge in [-0.1, -0.05) is 24.8 Å². The number of rotatable bonds is 1. The average Bonchev–Trinajstić information content (AvgIpc) is 2.96. The normalized spacial score (nSPS) is 36.2. The molecular formula is C15H16N2O2. The van der Waals surface area contributed by atoms with Gasteiger partial charge in [0.25, 0.3) is 5.91 Å². The highest BCUT2D eigenvalue weighted by molar-refractivity contribution is 6.09. The van der Waals surface area contributed by atoms with Gasteiger partial charge in [-0.3, -0.25) is 4.79 Å². The lowest BCUT2D eigenvalue weighted by molar-refractivity contribution is -0.0465. The first kappa shape index (κ1) is 11.2. The third-order valence-corrected chi connectivity index (χ3v) is 4.68. The van der Waals surface area contributed by atoms with Crippen molar-refractivity contribution in [3.8, 4) is 0 Å². The number of hydrogen-bond acceptors (Lipinski definition) is 3. The predicted octanol–water partition coefficient (Wildman–Crippen LogP) is 1.23. The topological polar surface area (TPSA) is 55.6 Å². The van der Waals surface area contributed by atoms with Crippen LogP contribution in [0.25, 0.3) is 5.70 Å². The summed E-state index contributed by atoms with van der Waals surface area (Å²) in [5, 5.41) is 0. The molecular weight excluding hydrogens is 240 g/mol. The minimum atomic E-state index is -0.0556. The van der Waals surface area contributed by atoms with E-state index >= 15 is 0 Å². The van der Waals surface area contributed by atoms with Crippen LogP contribution in [-0.4, -0.2) is 35.6 Å². The Morgan fingerprint density at radius 1 is 1.32 bits per heavy atom. The Hall–Kier alpha value is -1.65. The highest BCUT2D eigenvalue weighted by Gasteiger charge is 2.57. The zero-order valence-electron chi connectivity index (χ0n) is 10.6. The Bertz CT molecular complexity index is 548. The van der Waals surface area contributed by atoms with Crippen LogP contribution in [0, 0.1) is 5.92 Å². The first-order valence-electron chi connectivity index (χ1n) is 6.69. The molecule has 4 atom stereocenters. The van der Waals surface area contributed by atoms with Crippen molar-refractivity contribution in [2.75, 3.05) is 6.61 Å². The van der Waals surface area contributed by atoms with E-state index in [0.29, 0.717) is 5.92 Å². The van der Waals surface area contributed by atoms with E-state index in [-0.39, 0.29) is 24.1 Å². The second kappa shape index (κ2) is 3.68. The average molecular weight is 256 g/mol. The number of benzene rings is 1. The van der Waals surface area contributed by atoms with Crippen LogP contribution in [0.5, 0.6) is 0 Å². The standard InChI is InChI=1S/C15H16N2O2/c1-8-9-4-2-3-5-10(9)15(18)17(8)13-12(16)11-6-7-19-14(11)13/h2-5,11-14H,1,6-7,16H2. The fourth-order valence-electron chi connectivity index (χ4n) is 3.66. The molecule has 4 nitrogen and oxygen atoms in total. The van der Waals surface area contributed by atoms with Crippen LogP contribution in [0.1, 0.15) is 22.3 Å². The number of ether oxygens (including phenoxy) is 1. The molecule has 4 heteroatoms. The molecule has 0 aromatic heterocycles. The highest BCUT2D eigenvalue weighted by atomic mass is 16.5. The summed E-state index contributed by atoms with van der Waals surface area (Å²) in [6.45, 7) is 4.82. The van der Waals surface area contributed by atoms with Crippen molar-refractivity contribution in [2.24, 2.45) is 11.7 Å². The fraction of sp³-hybridized carbons (Fsp3) is 0.400. The summed E-state index contributed by atoms with van der Waals surface area (Å²) in [7, 11) is 0. The van der Waals surface area contributed by atoms with Crippen LogP contribution in [0.4, 0.5) is 0 Å². The maximum absolute atomic E-state index is 12.5. The van der Waals surface area contributed by atoms with Crippen LogP contribution in [-0.2, 0) is 4.74 Å². The molecule has 19 heavy (non-hydrogen) atoms. The van der Waals surface area contributed by atoms with Crippen LogP contribution < -0.4 is 5.73 Å². The molecule has 2 aliphatic heterocycles. The Labute approximate surface area is 111 Å². The van der Waals surface area contributed by atoms with Crippen LogP contribution in [0.2, 0.25) is 0 Å². The van der Waals surface area contributed by atoms with Gasteiger partial charge in [0.2, 0.25) is 0 Å². The molecule has 2 fully saturated rings. The smallest absolute Gasteiger partial charge is 0.259 e. The van der Waals surface area contributed by atoms with Gasteiger partial charge in [0.1, 0.15) is 0 Å². The van der Waals surface area contributed by atoms with Gasteiger partial charge in [0, 0.05) is 35.4 Å². The van der Waals surface area contributed by atoms with Crippen LogP contribution in [0.3, 0.4) is 0 Å². The molecule has 1 aromatic carbocycles. The number of nitrogens with two attached hydrogens (primary N) is 1. The quantitative estimate of drug-likeness (QED) is 0.822. The maximum Gasteiger partial charge on any atom is 0.259 e. The first-order valence-corrected chi connectivity index (χ1v) is 6.69. The minimum Gasteiger partial charge on any atom is -0.376 e. The fourth-order valence-corrected chi connectivity index (χ4v) is 3.66. The van der Waals surface area contributed by atoms with E-state index in [9.17, 15) is 4.79 Å². The Kier molecular flexibility index (Phi) is 2.17. The number of hydrogen-bond donors (Lipinski definition) is 1. The molecule has 1 aliphatic carbocycles. The molecule has 2 heterocycles. The van der Waals surface area contributed by atoms with Gasteiger partial charge >= 0.3 is 0 Å². The van der Waals surface area contributed by atoms with E-state index in [1.165, 1.54) is 0 Å². The van der Waals surface area contributed by atoms with Gasteiger partial charge in [-0.05, 0) is 12.5 Å². The summed E-state index contributed by atoms with van der Waals surface area (Å²) in [5.74, 6) is 0.407. The third kappa shape index (κ3) is 1.28. The lowest BCUT2D eigenvalue weighted by Crippen LogP contribution is -2.68. The van der Waals surface area contributed by atoms with Crippen LogP contribution in [0.15, 0.2) is 30.8 Å². The maximum atomic E-state index is 12.5. The molecule has 0 radical (unpaired) electrons. The number of amides is 1. The van der Waals surface area contributed by atoms with E-state index in [0.717, 1.165) is 29.9 Å². The van der Waals surface area contributed by atoms with Crippen molar-refractivity contribution in [1.82, 2.24) is 4.90 Å². The van der Waals surface area contributed by atoms with Gasteiger partial charge in [-0.15, -0.1) is 0 Å². The molecule has 3 aliphatic rings. The summed E-state index contributed by atoms with van der Waals surface area (Å²) >= 11 is 0. The zero-order chi connectivity index (χ0) is 13.1. The lowest BCUT2D eigenvalue weighted by Gasteiger charge is -2.49. The third-order valence-electron chi connectivity index (χ3n) is 4.68. The predicted molar refractivity (Wildman–Crippen MR) is 71.3 cm³/mol. The summed E-state index contributed by atoms with van der Waals surface area (Å²) < 4.78 is 5.73. The zero-order valence-corrected chi connectivity index (χ0v) is 10.6. The van der Waals surface area contributed by atoms with E-state index < -0.39 is 0 Å². The minimum absolute atomic E-state index is 0.00233. The summed E-state index contributed by atoms with van der Waals surface area (Å²) in [6, 6.07) is 7.54. The van der Waals surface area contributed by atoms with Gasteiger partial charge in [0.15, 0.2) is 0 Å². The lowest BCUT2D eigenvalue weighted by atomic mass is 9.71.